The van der Waals surface area contributed by atoms with Gasteiger partial charge in [-0.1, -0.05) is 24.3 Å². The van der Waals surface area contributed by atoms with Gasteiger partial charge < -0.3 is 20.2 Å². The maximum Gasteiger partial charge on any atom is 0.312 e. The topological polar surface area (TPSA) is 107 Å². The number of nitrogens with zero attached hydrogens (tertiary/aromatic N) is 3. The highest BCUT2D eigenvalue weighted by molar-refractivity contribution is 5.80. The second kappa shape index (κ2) is 11.0. The van der Waals surface area contributed by atoms with E-state index in [1.165, 1.54) is 23.2 Å². The van der Waals surface area contributed by atoms with Gasteiger partial charge in [-0.2, -0.15) is 0 Å². The molecule has 0 saturated heterocycles. The Morgan fingerprint density at radius 1 is 1.24 bits per heavy atom. The number of aryl methyl sites for hydroxylation is 1. The van der Waals surface area contributed by atoms with Crippen LogP contribution >= 0.6 is 0 Å². The molecule has 4 N–H and O–H groups in total. The second-order valence-corrected chi connectivity index (χ2v) is 10.7. The zero-order valence-corrected chi connectivity index (χ0v) is 23.2. The molecule has 1 aliphatic heterocycles. The van der Waals surface area contributed by atoms with Crippen LogP contribution in [0.2, 0.25) is 0 Å². The standard InChI is InChI=1S/C30H39N5O3/c1-19-7-8-21(15-23(19)18-35-13-14-38-26-16-33-12-11-22(26)17-35)27(30(3,4)29(36)37-6)24-9-10-25(34(5)32)28(31)20(24)2/h7-12,15-16,27H,13-14,17-18,31-32H2,1-6H3. The van der Waals surface area contributed by atoms with Crippen molar-refractivity contribution in [2.75, 3.05) is 38.1 Å². The number of esters is 1. The van der Waals surface area contributed by atoms with Crippen LogP contribution in [0, 0.1) is 19.3 Å². The molecule has 1 aliphatic rings. The van der Waals surface area contributed by atoms with E-state index in [0.29, 0.717) is 12.3 Å². The lowest BCUT2D eigenvalue weighted by Gasteiger charge is -2.35. The maximum atomic E-state index is 13.1. The van der Waals surface area contributed by atoms with Gasteiger partial charge in [0.1, 0.15) is 12.4 Å². The average molecular weight is 518 g/mol. The van der Waals surface area contributed by atoms with Crippen molar-refractivity contribution in [3.05, 3.63) is 82.2 Å². The molecule has 0 bridgehead atoms. The number of nitrogen functional groups attached to an aromatic ring is 1. The molecular weight excluding hydrogens is 478 g/mol. The minimum atomic E-state index is -0.850. The summed E-state index contributed by atoms with van der Waals surface area (Å²) in [7, 11) is 3.19. The number of benzene rings is 2. The fourth-order valence-electron chi connectivity index (χ4n) is 5.41. The second-order valence-electron chi connectivity index (χ2n) is 10.7. The number of fused-ring (bicyclic) bond motifs is 1. The predicted molar refractivity (Wildman–Crippen MR) is 151 cm³/mol. The number of aromatic nitrogens is 1. The quantitative estimate of drug-likeness (QED) is 0.207. The first-order chi connectivity index (χ1) is 18.0. The first kappa shape index (κ1) is 27.4. The highest BCUT2D eigenvalue weighted by atomic mass is 16.5. The van der Waals surface area contributed by atoms with Gasteiger partial charge in [0, 0.05) is 44.4 Å². The van der Waals surface area contributed by atoms with Crippen molar-refractivity contribution in [1.29, 1.82) is 0 Å². The van der Waals surface area contributed by atoms with Crippen molar-refractivity contribution < 1.29 is 14.3 Å². The molecular formula is C30H39N5O3. The monoisotopic (exact) mass is 517 g/mol. The summed E-state index contributed by atoms with van der Waals surface area (Å²) in [6, 6.07) is 12.4. The summed E-state index contributed by atoms with van der Waals surface area (Å²) in [5.74, 6) is 6.29. The average Bonchev–Trinajstić information content (AvgIpc) is 3.09. The first-order valence-corrected chi connectivity index (χ1v) is 12.9. The third-order valence-electron chi connectivity index (χ3n) is 7.69. The molecule has 0 fully saturated rings. The van der Waals surface area contributed by atoms with Gasteiger partial charge in [-0.3, -0.25) is 14.7 Å². The van der Waals surface area contributed by atoms with E-state index < -0.39 is 5.41 Å². The van der Waals surface area contributed by atoms with Crippen LogP contribution in [-0.4, -0.2) is 43.2 Å². The van der Waals surface area contributed by atoms with Gasteiger partial charge in [-0.15, -0.1) is 0 Å². The molecule has 2 aromatic carbocycles. The van der Waals surface area contributed by atoms with Gasteiger partial charge in [-0.05, 0) is 67.6 Å². The molecule has 0 radical (unpaired) electrons. The highest BCUT2D eigenvalue weighted by Crippen LogP contribution is 2.45. The Hall–Kier alpha value is -3.62. The van der Waals surface area contributed by atoms with Crippen LogP contribution in [0.1, 0.15) is 53.1 Å². The number of rotatable bonds is 7. The van der Waals surface area contributed by atoms with Gasteiger partial charge in [0.15, 0.2) is 0 Å². The van der Waals surface area contributed by atoms with Crippen molar-refractivity contribution in [2.24, 2.45) is 11.3 Å². The summed E-state index contributed by atoms with van der Waals surface area (Å²) in [5, 5.41) is 1.51. The molecule has 2 heterocycles. The minimum Gasteiger partial charge on any atom is -0.490 e. The summed E-state index contributed by atoms with van der Waals surface area (Å²) >= 11 is 0. The summed E-state index contributed by atoms with van der Waals surface area (Å²) < 4.78 is 11.2. The Morgan fingerprint density at radius 2 is 2.00 bits per heavy atom. The third kappa shape index (κ3) is 5.33. The Kier molecular flexibility index (Phi) is 7.94. The lowest BCUT2D eigenvalue weighted by Crippen LogP contribution is -2.34. The van der Waals surface area contributed by atoms with Gasteiger partial charge >= 0.3 is 5.97 Å². The molecule has 38 heavy (non-hydrogen) atoms. The van der Waals surface area contributed by atoms with E-state index >= 15 is 0 Å². The van der Waals surface area contributed by atoms with Gasteiger partial charge in [0.2, 0.25) is 0 Å². The first-order valence-electron chi connectivity index (χ1n) is 12.9. The number of hydrogen-bond donors (Lipinski definition) is 2. The van der Waals surface area contributed by atoms with Crippen LogP contribution in [0.25, 0.3) is 0 Å². The third-order valence-corrected chi connectivity index (χ3v) is 7.69. The number of hydrazine groups is 1. The van der Waals surface area contributed by atoms with Gasteiger partial charge in [0.05, 0.1) is 30.1 Å². The van der Waals surface area contributed by atoms with Gasteiger partial charge in [0.25, 0.3) is 0 Å². The summed E-state index contributed by atoms with van der Waals surface area (Å²) in [6.45, 7) is 10.9. The Balaban J connectivity index is 1.76. The van der Waals surface area contributed by atoms with Crippen LogP contribution < -0.4 is 21.3 Å². The number of methoxy groups -OCH3 is 1. The lowest BCUT2D eigenvalue weighted by molar-refractivity contribution is -0.151. The lowest BCUT2D eigenvalue weighted by atomic mass is 9.69. The van der Waals surface area contributed by atoms with E-state index in [-0.39, 0.29) is 11.9 Å². The molecule has 8 nitrogen and oxygen atoms in total. The van der Waals surface area contributed by atoms with E-state index in [4.69, 9.17) is 21.1 Å². The SMILES string of the molecule is COC(=O)C(C)(C)C(c1ccc(C)c(CN2CCOc3cnccc3C2)c1)c1ccc(N(C)N)c(N)c1C. The summed E-state index contributed by atoms with van der Waals surface area (Å²) in [6.07, 6.45) is 3.59. The number of ether oxygens (including phenoxy) is 2. The van der Waals surface area contributed by atoms with Crippen LogP contribution in [0.5, 0.6) is 5.75 Å². The number of nitrogens with two attached hydrogens (primary N) is 2. The zero-order valence-electron chi connectivity index (χ0n) is 23.2. The number of hydrogen-bond acceptors (Lipinski definition) is 8. The molecule has 0 saturated carbocycles. The number of carbonyl (C=O) groups is 1. The van der Waals surface area contributed by atoms with Crippen molar-refractivity contribution in [3.63, 3.8) is 0 Å². The Bertz CT molecular complexity index is 1320. The molecule has 4 rings (SSSR count). The van der Waals surface area contributed by atoms with Crippen molar-refractivity contribution in [2.45, 2.75) is 46.7 Å². The fourth-order valence-corrected chi connectivity index (χ4v) is 5.41. The molecule has 0 amide bonds. The van der Waals surface area contributed by atoms with Crippen molar-refractivity contribution in [1.82, 2.24) is 9.88 Å². The van der Waals surface area contributed by atoms with Crippen LogP contribution in [0.15, 0.2) is 48.8 Å². The van der Waals surface area contributed by atoms with E-state index in [9.17, 15) is 4.79 Å². The van der Waals surface area contributed by atoms with Crippen LogP contribution in [0.3, 0.4) is 0 Å². The number of anilines is 2. The van der Waals surface area contributed by atoms with E-state index in [1.54, 1.807) is 19.4 Å². The number of carbonyl (C=O) groups excluding carboxylic acids is 1. The van der Waals surface area contributed by atoms with Crippen molar-refractivity contribution in [3.8, 4) is 5.75 Å². The molecule has 3 aromatic rings. The zero-order chi connectivity index (χ0) is 27.6. The maximum absolute atomic E-state index is 13.1. The Labute approximate surface area is 225 Å². The van der Waals surface area contributed by atoms with E-state index in [0.717, 1.165) is 53.3 Å². The highest BCUT2D eigenvalue weighted by Gasteiger charge is 2.41. The number of pyridine rings is 1. The summed E-state index contributed by atoms with van der Waals surface area (Å²) in [5.41, 5.74) is 13.5. The van der Waals surface area contributed by atoms with E-state index in [2.05, 4.69) is 35.0 Å². The Morgan fingerprint density at radius 3 is 2.71 bits per heavy atom. The van der Waals surface area contributed by atoms with Gasteiger partial charge in [-0.25, -0.2) is 5.84 Å². The molecule has 1 unspecified atom stereocenters. The molecule has 202 valence electrons. The normalized spacial score (nSPS) is 14.7. The molecule has 8 heteroatoms. The molecule has 1 aromatic heterocycles. The fraction of sp³-hybridized carbons (Fsp3) is 0.400. The van der Waals surface area contributed by atoms with E-state index in [1.807, 2.05) is 39.0 Å². The minimum absolute atomic E-state index is 0.280. The largest absolute Gasteiger partial charge is 0.490 e. The van der Waals surface area contributed by atoms with Crippen LogP contribution in [-0.2, 0) is 22.6 Å². The smallest absolute Gasteiger partial charge is 0.312 e. The molecule has 0 aliphatic carbocycles. The summed E-state index contributed by atoms with van der Waals surface area (Å²) in [4.78, 5) is 19.7. The predicted octanol–water partition coefficient (Wildman–Crippen LogP) is 4.32. The molecule has 1 atom stereocenters. The van der Waals surface area contributed by atoms with Crippen LogP contribution in [0.4, 0.5) is 11.4 Å². The molecule has 0 spiro atoms. The van der Waals surface area contributed by atoms with Crippen molar-refractivity contribution >= 4 is 17.3 Å².